The molecule has 3 aromatic carbocycles. The third-order valence-electron chi connectivity index (χ3n) is 7.70. The lowest BCUT2D eigenvalue weighted by Crippen LogP contribution is -2.57. The van der Waals surface area contributed by atoms with Gasteiger partial charge in [-0.05, 0) is 94.2 Å². The van der Waals surface area contributed by atoms with Crippen molar-refractivity contribution in [2.24, 2.45) is 0 Å². The number of fused-ring (bicyclic) bond motifs is 1. The van der Waals surface area contributed by atoms with Gasteiger partial charge in [0.1, 0.15) is 11.2 Å². The molecule has 0 aliphatic carbocycles. The SMILES string of the molecule is CC(CCO)c1ccc(C(C(=O)NCc2cccc([N+](=O)[O-])c2)N(c2ccc3cnccc3c2)N(C(=O)OC(C)(C)C)C(=O)OC(C)(C)C)cc1. The summed E-state index contributed by atoms with van der Waals surface area (Å²) in [6, 6.07) is 18.5. The second-order valence-electron chi connectivity index (χ2n) is 14.2. The second kappa shape index (κ2) is 16.0. The van der Waals surface area contributed by atoms with Crippen molar-refractivity contribution in [3.05, 3.63) is 112 Å². The molecule has 13 heteroatoms. The Morgan fingerprint density at radius 1 is 0.882 bits per heavy atom. The minimum absolute atomic E-state index is 0.00239. The maximum atomic E-state index is 14.6. The lowest BCUT2D eigenvalue weighted by atomic mass is 9.95. The lowest BCUT2D eigenvalue weighted by molar-refractivity contribution is -0.384. The fourth-order valence-corrected chi connectivity index (χ4v) is 5.29. The Bertz CT molecular complexity index is 1840. The topological polar surface area (TPSA) is 164 Å². The first kappa shape index (κ1) is 38.2. The number of anilines is 1. The van der Waals surface area contributed by atoms with Crippen molar-refractivity contribution in [3.8, 4) is 0 Å². The number of imide groups is 1. The highest BCUT2D eigenvalue weighted by molar-refractivity contribution is 5.95. The molecule has 0 fully saturated rings. The van der Waals surface area contributed by atoms with Crippen LogP contribution in [0.1, 0.15) is 83.5 Å². The van der Waals surface area contributed by atoms with E-state index in [-0.39, 0.29) is 30.4 Å². The van der Waals surface area contributed by atoms with Gasteiger partial charge >= 0.3 is 12.2 Å². The van der Waals surface area contributed by atoms with Crippen molar-refractivity contribution in [2.75, 3.05) is 11.6 Å². The number of pyridine rings is 1. The minimum Gasteiger partial charge on any atom is -0.442 e. The zero-order valence-electron chi connectivity index (χ0n) is 30.0. The number of benzene rings is 3. The first-order valence-electron chi connectivity index (χ1n) is 16.6. The summed E-state index contributed by atoms with van der Waals surface area (Å²) < 4.78 is 11.5. The predicted molar refractivity (Wildman–Crippen MR) is 193 cm³/mol. The van der Waals surface area contributed by atoms with Crippen molar-refractivity contribution in [1.29, 1.82) is 0 Å². The molecule has 13 nitrogen and oxygen atoms in total. The smallest absolute Gasteiger partial charge is 0.439 e. The Balaban J connectivity index is 1.95. The summed E-state index contributed by atoms with van der Waals surface area (Å²) in [4.78, 5) is 58.0. The second-order valence-corrected chi connectivity index (χ2v) is 14.2. The normalized spacial score (nSPS) is 12.8. The molecular weight excluding hydrogens is 654 g/mol. The van der Waals surface area contributed by atoms with E-state index in [2.05, 4.69) is 10.3 Å². The number of nitro benzene ring substituents is 1. The van der Waals surface area contributed by atoms with Gasteiger partial charge < -0.3 is 19.9 Å². The maximum Gasteiger partial charge on any atom is 0.439 e. The van der Waals surface area contributed by atoms with Crippen LogP contribution < -0.4 is 10.3 Å². The molecule has 4 aromatic rings. The van der Waals surface area contributed by atoms with Gasteiger partial charge in [0.25, 0.3) is 5.69 Å². The molecule has 1 aromatic heterocycles. The van der Waals surface area contributed by atoms with Gasteiger partial charge in [-0.3, -0.25) is 24.9 Å². The average molecular weight is 700 g/mol. The van der Waals surface area contributed by atoms with E-state index in [9.17, 15) is 29.6 Å². The van der Waals surface area contributed by atoms with Crippen LogP contribution in [0, 0.1) is 10.1 Å². The molecule has 0 aliphatic heterocycles. The van der Waals surface area contributed by atoms with Crippen LogP contribution >= 0.6 is 0 Å². The molecule has 0 aliphatic rings. The van der Waals surface area contributed by atoms with Crippen molar-refractivity contribution in [2.45, 2.75) is 84.6 Å². The first-order valence-corrected chi connectivity index (χ1v) is 16.6. The van der Waals surface area contributed by atoms with Gasteiger partial charge in [-0.25, -0.2) is 9.59 Å². The number of hydrogen-bond acceptors (Lipinski definition) is 10. The Labute approximate surface area is 297 Å². The van der Waals surface area contributed by atoms with Gasteiger partial charge in [0.05, 0.1) is 10.6 Å². The third-order valence-corrected chi connectivity index (χ3v) is 7.70. The molecule has 2 atom stereocenters. The summed E-state index contributed by atoms with van der Waals surface area (Å²) >= 11 is 0. The summed E-state index contributed by atoms with van der Waals surface area (Å²) in [6.07, 6.45) is 1.62. The molecule has 1 heterocycles. The third kappa shape index (κ3) is 10.2. The lowest BCUT2D eigenvalue weighted by Gasteiger charge is -2.40. The summed E-state index contributed by atoms with van der Waals surface area (Å²) in [6.45, 7) is 11.8. The number of aliphatic hydroxyl groups is 1. The Hall–Kier alpha value is -5.56. The number of hydrogen-bond donors (Lipinski definition) is 2. The maximum absolute atomic E-state index is 14.6. The quantitative estimate of drug-likeness (QED) is 0.118. The van der Waals surface area contributed by atoms with E-state index >= 15 is 0 Å². The first-order chi connectivity index (χ1) is 24.0. The fourth-order valence-electron chi connectivity index (χ4n) is 5.29. The van der Waals surface area contributed by atoms with E-state index in [1.54, 1.807) is 96.4 Å². The molecule has 2 N–H and O–H groups in total. The summed E-state index contributed by atoms with van der Waals surface area (Å²) in [7, 11) is 0. The van der Waals surface area contributed by atoms with Crippen LogP contribution in [0.15, 0.2) is 85.2 Å². The Morgan fingerprint density at radius 2 is 1.51 bits per heavy atom. The minimum atomic E-state index is -1.38. The van der Waals surface area contributed by atoms with E-state index in [0.717, 1.165) is 10.9 Å². The zero-order valence-corrected chi connectivity index (χ0v) is 30.0. The van der Waals surface area contributed by atoms with Crippen molar-refractivity contribution >= 4 is 40.2 Å². The number of nitro groups is 1. The number of carbonyl (C=O) groups excluding carboxylic acids is 3. The predicted octanol–water partition coefficient (Wildman–Crippen LogP) is 7.58. The molecule has 270 valence electrons. The number of nitrogens with zero attached hydrogens (tertiary/aromatic N) is 4. The fraction of sp³-hybridized carbons (Fsp3) is 0.368. The Kier molecular flexibility index (Phi) is 12.0. The van der Waals surface area contributed by atoms with Crippen molar-refractivity contribution in [1.82, 2.24) is 15.3 Å². The molecule has 0 bridgehead atoms. The van der Waals surface area contributed by atoms with Crippen molar-refractivity contribution < 1.29 is 33.9 Å². The molecule has 51 heavy (non-hydrogen) atoms. The van der Waals surface area contributed by atoms with Gasteiger partial charge in [-0.1, -0.05) is 49.4 Å². The highest BCUT2D eigenvalue weighted by Gasteiger charge is 2.42. The zero-order chi connectivity index (χ0) is 37.5. The number of ether oxygens (including phenoxy) is 2. The molecule has 0 saturated carbocycles. The summed E-state index contributed by atoms with van der Waals surface area (Å²) in [5.74, 6) is -0.625. The van der Waals surface area contributed by atoms with Crippen LogP contribution in [0.2, 0.25) is 0 Å². The van der Waals surface area contributed by atoms with E-state index in [1.165, 1.54) is 23.2 Å². The van der Waals surface area contributed by atoms with Crippen LogP contribution in [0.25, 0.3) is 10.8 Å². The highest BCUT2D eigenvalue weighted by Crippen LogP contribution is 2.35. The number of non-ortho nitro benzene ring substituents is 1. The van der Waals surface area contributed by atoms with Gasteiger partial charge in [0.15, 0.2) is 6.04 Å². The number of nitrogens with one attached hydrogen (secondary N) is 1. The van der Waals surface area contributed by atoms with E-state index < -0.39 is 40.3 Å². The highest BCUT2D eigenvalue weighted by atomic mass is 16.6. The average Bonchev–Trinajstić information content (AvgIpc) is 3.05. The standard InChI is InChI=1S/C38H45N5O8/c1-25(18-20-44)27-11-13-28(14-12-27)33(34(45)40-23-26-9-8-10-32(21-26)43(48)49)41(31-16-15-30-24-39-19-17-29(30)22-31)42(35(46)50-37(2,3)4)36(47)51-38(5,6)7/h8-17,19,21-22,24-25,33,44H,18,20,23H2,1-7H3,(H,40,45). The van der Waals surface area contributed by atoms with Crippen LogP contribution in [0.5, 0.6) is 0 Å². The summed E-state index contributed by atoms with van der Waals surface area (Å²) in [5, 5.41) is 27.2. The number of carbonyl (C=O) groups is 3. The number of aromatic nitrogens is 1. The van der Waals surface area contributed by atoms with Crippen LogP contribution in [0.4, 0.5) is 21.0 Å². The molecule has 2 unspecified atom stereocenters. The molecule has 0 radical (unpaired) electrons. The van der Waals surface area contributed by atoms with E-state index in [0.29, 0.717) is 27.9 Å². The Morgan fingerprint density at radius 3 is 2.10 bits per heavy atom. The molecular formula is C38H45N5O8. The number of rotatable bonds is 11. The number of aliphatic hydroxyl groups excluding tert-OH is 1. The summed E-state index contributed by atoms with van der Waals surface area (Å²) in [5.41, 5.74) is -0.170. The van der Waals surface area contributed by atoms with E-state index in [1.807, 2.05) is 19.1 Å². The molecule has 0 saturated heterocycles. The van der Waals surface area contributed by atoms with Crippen LogP contribution in [0.3, 0.4) is 0 Å². The van der Waals surface area contributed by atoms with Crippen LogP contribution in [-0.2, 0) is 20.8 Å². The van der Waals surface area contributed by atoms with Gasteiger partial charge in [0, 0.05) is 43.1 Å². The number of amides is 3. The largest absolute Gasteiger partial charge is 0.442 e. The van der Waals surface area contributed by atoms with Crippen LogP contribution in [-0.4, -0.2) is 55.9 Å². The molecule has 0 spiro atoms. The van der Waals surface area contributed by atoms with Gasteiger partial charge in [-0.15, -0.1) is 5.01 Å². The van der Waals surface area contributed by atoms with E-state index in [4.69, 9.17) is 9.47 Å². The molecule has 3 amide bonds. The van der Waals surface area contributed by atoms with Crippen molar-refractivity contribution in [3.63, 3.8) is 0 Å². The van der Waals surface area contributed by atoms with Gasteiger partial charge in [0.2, 0.25) is 5.91 Å². The monoisotopic (exact) mass is 699 g/mol. The number of hydrazine groups is 1. The van der Waals surface area contributed by atoms with Gasteiger partial charge in [-0.2, -0.15) is 0 Å². The molecule has 4 rings (SSSR count).